The van der Waals surface area contributed by atoms with Gasteiger partial charge in [0.15, 0.2) is 0 Å². The van der Waals surface area contributed by atoms with E-state index in [4.69, 9.17) is 9.47 Å². The maximum Gasteiger partial charge on any atom is 0.338 e. The van der Waals surface area contributed by atoms with E-state index in [9.17, 15) is 4.79 Å². The summed E-state index contributed by atoms with van der Waals surface area (Å²) < 4.78 is 11.2. The average molecular weight is 308 g/mol. The van der Waals surface area contributed by atoms with Crippen molar-refractivity contribution in [3.8, 4) is 5.75 Å². The van der Waals surface area contributed by atoms with Crippen LogP contribution in [0.25, 0.3) is 0 Å². The number of carbonyl (C=O) groups excluding carboxylic acids is 1. The van der Waals surface area contributed by atoms with Crippen LogP contribution in [0.15, 0.2) is 65.9 Å². The highest BCUT2D eigenvalue weighted by atomic mass is 16.5. The van der Waals surface area contributed by atoms with Gasteiger partial charge in [-0.2, -0.15) is 0 Å². The molecule has 1 aliphatic heterocycles. The third-order valence-corrected chi connectivity index (χ3v) is 4.37. The Bertz CT molecular complexity index is 761. The molecule has 2 aromatic carbocycles. The van der Waals surface area contributed by atoms with Crippen LogP contribution < -0.4 is 4.74 Å². The minimum absolute atomic E-state index is 0.328. The Morgan fingerprint density at radius 3 is 2.43 bits per heavy atom. The van der Waals surface area contributed by atoms with Gasteiger partial charge in [-0.05, 0) is 32.4 Å². The second-order valence-corrected chi connectivity index (χ2v) is 5.74. The highest BCUT2D eigenvalue weighted by Crippen LogP contribution is 2.48. The number of allylic oxidation sites excluding steroid dienone is 1. The topological polar surface area (TPSA) is 35.5 Å². The number of rotatable bonds is 3. The van der Waals surface area contributed by atoms with Crippen LogP contribution in [0.3, 0.4) is 0 Å². The van der Waals surface area contributed by atoms with Crippen molar-refractivity contribution >= 4 is 5.97 Å². The van der Waals surface area contributed by atoms with Crippen LogP contribution in [0.4, 0.5) is 0 Å². The first-order valence-corrected chi connectivity index (χ1v) is 7.80. The Morgan fingerprint density at radius 2 is 1.74 bits per heavy atom. The van der Waals surface area contributed by atoms with Gasteiger partial charge in [-0.3, -0.25) is 0 Å². The van der Waals surface area contributed by atoms with Crippen LogP contribution in [0.2, 0.25) is 0 Å². The average Bonchev–Trinajstić information content (AvgIpc) is 2.56. The van der Waals surface area contributed by atoms with Gasteiger partial charge in [0.25, 0.3) is 0 Å². The molecule has 1 aliphatic rings. The van der Waals surface area contributed by atoms with E-state index < -0.39 is 5.41 Å². The molecule has 3 nitrogen and oxygen atoms in total. The number of para-hydroxylation sites is 1. The van der Waals surface area contributed by atoms with Gasteiger partial charge in [-0.25, -0.2) is 4.79 Å². The molecule has 2 aromatic rings. The third kappa shape index (κ3) is 2.42. The predicted octanol–water partition coefficient (Wildman–Crippen LogP) is 4.22. The normalized spacial score (nSPS) is 19.8. The molecule has 0 N–H and O–H groups in total. The first kappa shape index (κ1) is 15.3. The summed E-state index contributed by atoms with van der Waals surface area (Å²) in [5.41, 5.74) is 1.97. The Kier molecular flexibility index (Phi) is 3.95. The van der Waals surface area contributed by atoms with Crippen LogP contribution >= 0.6 is 0 Å². The van der Waals surface area contributed by atoms with Crippen molar-refractivity contribution in [3.63, 3.8) is 0 Å². The molecule has 0 amide bonds. The molecular weight excluding hydrogens is 288 g/mol. The second kappa shape index (κ2) is 5.92. The maximum atomic E-state index is 12.6. The van der Waals surface area contributed by atoms with E-state index in [2.05, 4.69) is 6.92 Å². The van der Waals surface area contributed by atoms with Gasteiger partial charge < -0.3 is 9.47 Å². The fourth-order valence-electron chi connectivity index (χ4n) is 3.29. The zero-order chi connectivity index (χ0) is 16.4. The molecule has 1 atom stereocenters. The van der Waals surface area contributed by atoms with Crippen molar-refractivity contribution in [2.24, 2.45) is 0 Å². The van der Waals surface area contributed by atoms with Gasteiger partial charge in [-0.15, -0.1) is 0 Å². The molecule has 23 heavy (non-hydrogen) atoms. The van der Waals surface area contributed by atoms with E-state index in [1.54, 1.807) is 0 Å². The van der Waals surface area contributed by atoms with Gasteiger partial charge in [0, 0.05) is 5.56 Å². The summed E-state index contributed by atoms with van der Waals surface area (Å²) in [7, 11) is 0. The molecule has 0 fully saturated rings. The van der Waals surface area contributed by atoms with Gasteiger partial charge in [0.05, 0.1) is 17.6 Å². The summed E-state index contributed by atoms with van der Waals surface area (Å²) in [5, 5.41) is 0. The Morgan fingerprint density at radius 1 is 1.09 bits per heavy atom. The molecule has 1 unspecified atom stereocenters. The molecule has 1 heterocycles. The van der Waals surface area contributed by atoms with Gasteiger partial charge >= 0.3 is 5.97 Å². The molecule has 0 aliphatic carbocycles. The molecule has 3 rings (SSSR count). The summed E-state index contributed by atoms with van der Waals surface area (Å²) in [5.74, 6) is 1.05. The van der Waals surface area contributed by atoms with Crippen molar-refractivity contribution in [2.75, 3.05) is 6.61 Å². The van der Waals surface area contributed by atoms with E-state index in [0.717, 1.165) is 16.9 Å². The van der Waals surface area contributed by atoms with E-state index >= 15 is 0 Å². The lowest BCUT2D eigenvalue weighted by Gasteiger charge is -2.38. The first-order valence-electron chi connectivity index (χ1n) is 7.80. The van der Waals surface area contributed by atoms with Crippen molar-refractivity contribution in [1.29, 1.82) is 0 Å². The summed E-state index contributed by atoms with van der Waals surface area (Å²) in [6.45, 7) is 6.02. The van der Waals surface area contributed by atoms with Crippen LogP contribution in [-0.2, 0) is 14.9 Å². The van der Waals surface area contributed by atoms with E-state index in [0.29, 0.717) is 17.9 Å². The second-order valence-electron chi connectivity index (χ2n) is 5.74. The third-order valence-electron chi connectivity index (χ3n) is 4.37. The quantitative estimate of drug-likeness (QED) is 0.796. The zero-order valence-corrected chi connectivity index (χ0v) is 13.6. The number of benzene rings is 2. The molecule has 0 saturated carbocycles. The number of hydrogen-bond donors (Lipinski definition) is 0. The summed E-state index contributed by atoms with van der Waals surface area (Å²) in [6, 6.07) is 17.9. The van der Waals surface area contributed by atoms with Gasteiger partial charge in [0.1, 0.15) is 11.5 Å². The van der Waals surface area contributed by atoms with Gasteiger partial charge in [0.2, 0.25) is 0 Å². The molecule has 0 bridgehead atoms. The van der Waals surface area contributed by atoms with Crippen molar-refractivity contribution in [1.82, 2.24) is 0 Å². The fourth-order valence-corrected chi connectivity index (χ4v) is 3.29. The largest absolute Gasteiger partial charge is 0.463 e. The van der Waals surface area contributed by atoms with Crippen LogP contribution in [0.5, 0.6) is 5.75 Å². The van der Waals surface area contributed by atoms with E-state index in [-0.39, 0.29) is 5.97 Å². The highest BCUT2D eigenvalue weighted by Gasteiger charge is 2.44. The van der Waals surface area contributed by atoms with E-state index in [1.807, 2.05) is 68.4 Å². The number of ether oxygens (including phenoxy) is 2. The smallest absolute Gasteiger partial charge is 0.338 e. The molecule has 118 valence electrons. The lowest BCUT2D eigenvalue weighted by Crippen LogP contribution is -2.36. The lowest BCUT2D eigenvalue weighted by molar-refractivity contribution is -0.139. The minimum atomic E-state index is -0.605. The van der Waals surface area contributed by atoms with Crippen LogP contribution in [-0.4, -0.2) is 12.6 Å². The molecule has 0 radical (unpaired) electrons. The first-order chi connectivity index (χ1) is 11.1. The standard InChI is InChI=1S/C20H20O3/c1-4-22-19(21)18-14(2)23-17-13-9-8-12-16(17)20(18,3)15-10-6-5-7-11-15/h5-13H,4H2,1-3H3. The Hall–Kier alpha value is -2.55. The molecule has 3 heteroatoms. The SMILES string of the molecule is CCOC(=O)C1=C(C)Oc2ccccc2C1(C)c1ccccc1. The number of hydrogen-bond acceptors (Lipinski definition) is 3. The van der Waals surface area contributed by atoms with Crippen molar-refractivity contribution < 1.29 is 14.3 Å². The van der Waals surface area contributed by atoms with E-state index in [1.165, 1.54) is 0 Å². The summed E-state index contributed by atoms with van der Waals surface area (Å²) in [6.07, 6.45) is 0. The summed E-state index contributed by atoms with van der Waals surface area (Å²) in [4.78, 5) is 12.6. The maximum absolute atomic E-state index is 12.6. The lowest BCUT2D eigenvalue weighted by atomic mass is 9.69. The van der Waals surface area contributed by atoms with Crippen molar-refractivity contribution in [2.45, 2.75) is 26.2 Å². The Balaban J connectivity index is 2.27. The highest BCUT2D eigenvalue weighted by molar-refractivity contribution is 5.94. The predicted molar refractivity (Wildman–Crippen MR) is 89.3 cm³/mol. The molecule has 0 spiro atoms. The van der Waals surface area contributed by atoms with Crippen LogP contribution in [0.1, 0.15) is 31.9 Å². The zero-order valence-electron chi connectivity index (χ0n) is 13.6. The summed E-state index contributed by atoms with van der Waals surface area (Å²) >= 11 is 0. The molecule has 0 saturated heterocycles. The Labute approximate surface area is 136 Å². The monoisotopic (exact) mass is 308 g/mol. The van der Waals surface area contributed by atoms with Crippen molar-refractivity contribution in [3.05, 3.63) is 77.1 Å². The minimum Gasteiger partial charge on any atom is -0.463 e. The van der Waals surface area contributed by atoms with Crippen LogP contribution in [0, 0.1) is 0 Å². The number of esters is 1. The number of fused-ring (bicyclic) bond motifs is 1. The number of carbonyl (C=O) groups is 1. The molecule has 0 aromatic heterocycles. The molecular formula is C20H20O3. The van der Waals surface area contributed by atoms with Gasteiger partial charge in [-0.1, -0.05) is 48.5 Å². The fraction of sp³-hybridized carbons (Fsp3) is 0.250.